The van der Waals surface area contributed by atoms with E-state index in [1.54, 1.807) is 23.1 Å². The number of phenols is 2. The van der Waals surface area contributed by atoms with E-state index in [0.29, 0.717) is 24.4 Å². The van der Waals surface area contributed by atoms with Gasteiger partial charge in [-0.1, -0.05) is 19.9 Å². The molecule has 1 aliphatic heterocycles. The average molecular weight is 371 g/mol. The Labute approximate surface area is 156 Å². The maximum absolute atomic E-state index is 12.9. The van der Waals surface area contributed by atoms with Crippen molar-refractivity contribution >= 4 is 12.1 Å². The topological polar surface area (TPSA) is 96.3 Å². The highest BCUT2D eigenvalue weighted by atomic mass is 16.7. The largest absolute Gasteiger partial charge is 0.513 e. The molecule has 142 valence electrons. The molecule has 0 saturated heterocycles. The van der Waals surface area contributed by atoms with Gasteiger partial charge in [-0.05, 0) is 40.8 Å². The summed E-state index contributed by atoms with van der Waals surface area (Å²) in [4.78, 5) is 25.7. The van der Waals surface area contributed by atoms with E-state index < -0.39 is 6.16 Å². The smallest absolute Gasteiger partial charge is 0.508 e. The molecule has 7 heteroatoms. The molecule has 0 spiro atoms. The van der Waals surface area contributed by atoms with E-state index in [1.165, 1.54) is 19.2 Å². The number of fused-ring (bicyclic) bond motifs is 1. The maximum atomic E-state index is 12.9. The number of hydrogen-bond acceptors (Lipinski definition) is 6. The second-order valence-electron chi connectivity index (χ2n) is 6.73. The summed E-state index contributed by atoms with van der Waals surface area (Å²) >= 11 is 0. The lowest BCUT2D eigenvalue weighted by Gasteiger charge is -2.18. The highest BCUT2D eigenvalue weighted by Crippen LogP contribution is 2.35. The van der Waals surface area contributed by atoms with Crippen LogP contribution in [0.25, 0.3) is 0 Å². The summed E-state index contributed by atoms with van der Waals surface area (Å²) < 4.78 is 9.48. The quantitative estimate of drug-likeness (QED) is 0.633. The van der Waals surface area contributed by atoms with E-state index in [-0.39, 0.29) is 28.9 Å². The molecule has 2 aromatic rings. The van der Waals surface area contributed by atoms with E-state index in [0.717, 1.165) is 11.1 Å². The summed E-state index contributed by atoms with van der Waals surface area (Å²) in [7, 11) is 1.23. The van der Waals surface area contributed by atoms with Gasteiger partial charge in [0.05, 0.1) is 12.7 Å². The monoisotopic (exact) mass is 371 g/mol. The van der Waals surface area contributed by atoms with Gasteiger partial charge in [0.2, 0.25) is 0 Å². The van der Waals surface area contributed by atoms with Gasteiger partial charge in [-0.3, -0.25) is 4.79 Å². The van der Waals surface area contributed by atoms with Crippen molar-refractivity contribution in [1.82, 2.24) is 4.90 Å². The summed E-state index contributed by atoms with van der Waals surface area (Å²) in [6.45, 7) is 4.50. The number of benzene rings is 2. The predicted molar refractivity (Wildman–Crippen MR) is 96.9 cm³/mol. The van der Waals surface area contributed by atoms with Crippen molar-refractivity contribution in [2.75, 3.05) is 7.11 Å². The van der Waals surface area contributed by atoms with Gasteiger partial charge < -0.3 is 24.6 Å². The molecule has 0 aliphatic carbocycles. The molecule has 0 saturated carbocycles. The van der Waals surface area contributed by atoms with Crippen molar-refractivity contribution in [3.8, 4) is 17.2 Å². The first kappa shape index (κ1) is 18.6. The molecular formula is C20H21NO6. The number of carbonyl (C=O) groups is 2. The number of hydrogen-bond donors (Lipinski definition) is 2. The molecule has 3 rings (SSSR count). The van der Waals surface area contributed by atoms with Crippen molar-refractivity contribution in [1.29, 1.82) is 0 Å². The first-order valence-corrected chi connectivity index (χ1v) is 8.53. The van der Waals surface area contributed by atoms with E-state index in [1.807, 2.05) is 13.8 Å². The first-order valence-electron chi connectivity index (χ1n) is 8.53. The zero-order chi connectivity index (χ0) is 19.7. The molecule has 0 aromatic heterocycles. The Bertz CT molecular complexity index is 906. The van der Waals surface area contributed by atoms with E-state index in [9.17, 15) is 19.8 Å². The molecule has 7 nitrogen and oxygen atoms in total. The minimum Gasteiger partial charge on any atom is -0.508 e. The van der Waals surface area contributed by atoms with Crippen molar-refractivity contribution < 1.29 is 29.3 Å². The van der Waals surface area contributed by atoms with Crippen LogP contribution in [-0.2, 0) is 17.8 Å². The van der Waals surface area contributed by atoms with Crippen LogP contribution in [-0.4, -0.2) is 34.3 Å². The van der Waals surface area contributed by atoms with Crippen LogP contribution in [0.5, 0.6) is 17.2 Å². The molecule has 0 fully saturated rings. The third-order valence-electron chi connectivity index (χ3n) is 4.55. The van der Waals surface area contributed by atoms with Gasteiger partial charge in [0.15, 0.2) is 0 Å². The summed E-state index contributed by atoms with van der Waals surface area (Å²) in [5, 5.41) is 20.1. The van der Waals surface area contributed by atoms with Crippen LogP contribution in [0.4, 0.5) is 4.79 Å². The number of aromatic hydroxyl groups is 2. The Morgan fingerprint density at radius 1 is 1.04 bits per heavy atom. The Morgan fingerprint density at radius 3 is 2.41 bits per heavy atom. The summed E-state index contributed by atoms with van der Waals surface area (Å²) in [6, 6.07) is 7.85. The van der Waals surface area contributed by atoms with Gasteiger partial charge in [0, 0.05) is 19.2 Å². The van der Waals surface area contributed by atoms with Gasteiger partial charge in [0.25, 0.3) is 5.91 Å². The molecule has 0 atom stereocenters. The zero-order valence-electron chi connectivity index (χ0n) is 15.4. The fourth-order valence-corrected chi connectivity index (χ4v) is 3.11. The van der Waals surface area contributed by atoms with Crippen LogP contribution in [0.15, 0.2) is 30.3 Å². The van der Waals surface area contributed by atoms with Crippen LogP contribution in [0, 0.1) is 0 Å². The predicted octanol–water partition coefficient (Wildman–Crippen LogP) is 3.52. The van der Waals surface area contributed by atoms with Crippen molar-refractivity contribution in [3.63, 3.8) is 0 Å². The van der Waals surface area contributed by atoms with Crippen LogP contribution in [0.3, 0.4) is 0 Å². The third kappa shape index (κ3) is 3.67. The van der Waals surface area contributed by atoms with Gasteiger partial charge in [-0.2, -0.15) is 0 Å². The van der Waals surface area contributed by atoms with Crippen molar-refractivity contribution in [2.45, 2.75) is 32.9 Å². The lowest BCUT2D eigenvalue weighted by molar-refractivity contribution is 0.0748. The normalized spacial score (nSPS) is 12.8. The molecule has 2 aromatic carbocycles. The number of nitrogens with zero attached hydrogens (tertiary/aromatic N) is 1. The highest BCUT2D eigenvalue weighted by Gasteiger charge is 2.27. The van der Waals surface area contributed by atoms with Gasteiger partial charge in [-0.25, -0.2) is 4.79 Å². The Kier molecular flexibility index (Phi) is 4.94. The second kappa shape index (κ2) is 7.19. The zero-order valence-corrected chi connectivity index (χ0v) is 15.4. The van der Waals surface area contributed by atoms with Gasteiger partial charge in [-0.15, -0.1) is 0 Å². The Morgan fingerprint density at radius 2 is 1.74 bits per heavy atom. The minimum absolute atomic E-state index is 0.00551. The summed E-state index contributed by atoms with van der Waals surface area (Å²) in [5.74, 6) is -0.280. The van der Waals surface area contributed by atoms with E-state index in [2.05, 4.69) is 4.74 Å². The number of phenolic OH excluding ortho intramolecular Hbond substituents is 2. The second-order valence-corrected chi connectivity index (χ2v) is 6.73. The summed E-state index contributed by atoms with van der Waals surface area (Å²) in [6.07, 6.45) is -0.809. The number of ether oxygens (including phenoxy) is 2. The van der Waals surface area contributed by atoms with E-state index in [4.69, 9.17) is 4.74 Å². The van der Waals surface area contributed by atoms with Gasteiger partial charge >= 0.3 is 6.16 Å². The molecule has 1 amide bonds. The molecule has 1 aliphatic rings. The highest BCUT2D eigenvalue weighted by molar-refractivity contribution is 5.97. The Balaban J connectivity index is 1.83. The third-order valence-corrected chi connectivity index (χ3v) is 4.55. The number of rotatable bonds is 3. The summed E-state index contributed by atoms with van der Waals surface area (Å²) in [5.41, 5.74) is 2.53. The molecule has 27 heavy (non-hydrogen) atoms. The average Bonchev–Trinajstić information content (AvgIpc) is 3.04. The van der Waals surface area contributed by atoms with Crippen molar-refractivity contribution in [2.24, 2.45) is 0 Å². The fourth-order valence-electron chi connectivity index (χ4n) is 3.11. The fraction of sp³-hybridized carbons (Fsp3) is 0.300. The molecule has 0 unspecified atom stereocenters. The standard InChI is InChI=1S/C20H21NO6/c1-11(2)15-7-16(18(23)8-17(15)22)19(24)21-9-12-4-5-14(6-13(12)10-21)27-20(25)26-3/h4-8,11,22-23H,9-10H2,1-3H3. The van der Waals surface area contributed by atoms with Crippen LogP contribution < -0.4 is 4.74 Å². The molecule has 2 N–H and O–H groups in total. The molecule has 0 bridgehead atoms. The molecular weight excluding hydrogens is 350 g/mol. The van der Waals surface area contributed by atoms with E-state index >= 15 is 0 Å². The van der Waals surface area contributed by atoms with Crippen LogP contribution in [0.2, 0.25) is 0 Å². The number of amides is 1. The first-order chi connectivity index (χ1) is 12.8. The molecule has 0 radical (unpaired) electrons. The molecule has 1 heterocycles. The lowest BCUT2D eigenvalue weighted by atomic mass is 9.98. The van der Waals surface area contributed by atoms with Crippen LogP contribution in [0.1, 0.15) is 46.8 Å². The van der Waals surface area contributed by atoms with Gasteiger partial charge in [0.1, 0.15) is 17.2 Å². The maximum Gasteiger partial charge on any atom is 0.513 e. The number of carbonyl (C=O) groups excluding carboxylic acids is 2. The van der Waals surface area contributed by atoms with Crippen molar-refractivity contribution in [3.05, 3.63) is 52.6 Å². The SMILES string of the molecule is COC(=O)Oc1ccc2c(c1)CN(C(=O)c1cc(C(C)C)c(O)cc1O)C2. The number of methoxy groups -OCH3 is 1. The Hall–Kier alpha value is -3.22. The minimum atomic E-state index is -0.809. The van der Waals surface area contributed by atoms with Crippen LogP contribution >= 0.6 is 0 Å². The lowest BCUT2D eigenvalue weighted by Crippen LogP contribution is -2.25.